The molecule has 0 fully saturated rings. The Bertz CT molecular complexity index is 798. The summed E-state index contributed by atoms with van der Waals surface area (Å²) in [5, 5.41) is 0. The summed E-state index contributed by atoms with van der Waals surface area (Å²) in [6.45, 7) is 4.17. The molecule has 1 aromatic heterocycles. The Morgan fingerprint density at radius 2 is 1.52 bits per heavy atom. The summed E-state index contributed by atoms with van der Waals surface area (Å²) in [7, 11) is 0. The second-order valence-electron chi connectivity index (χ2n) is 4.68. The SMILES string of the molecule is C=CCn1oc(=O)c(-c2ccccc2)c1-c1ccccc1. The van der Waals surface area contributed by atoms with E-state index in [9.17, 15) is 4.79 Å². The highest BCUT2D eigenvalue weighted by molar-refractivity contribution is 5.80. The van der Waals surface area contributed by atoms with Crippen molar-refractivity contribution in [3.05, 3.63) is 83.7 Å². The van der Waals surface area contributed by atoms with Gasteiger partial charge in [0, 0.05) is 5.56 Å². The van der Waals surface area contributed by atoms with Gasteiger partial charge < -0.3 is 4.52 Å². The van der Waals surface area contributed by atoms with Crippen LogP contribution in [0, 0.1) is 0 Å². The molecule has 0 bridgehead atoms. The van der Waals surface area contributed by atoms with Crippen molar-refractivity contribution in [2.45, 2.75) is 6.54 Å². The molecule has 3 rings (SSSR count). The van der Waals surface area contributed by atoms with Crippen LogP contribution in [0.3, 0.4) is 0 Å². The van der Waals surface area contributed by atoms with E-state index in [0.29, 0.717) is 12.1 Å². The Morgan fingerprint density at radius 3 is 2.10 bits per heavy atom. The summed E-state index contributed by atoms with van der Waals surface area (Å²) in [4.78, 5) is 12.3. The minimum absolute atomic E-state index is 0.332. The third-order valence-electron chi connectivity index (χ3n) is 3.29. The van der Waals surface area contributed by atoms with E-state index in [-0.39, 0.29) is 5.63 Å². The first-order valence-electron chi connectivity index (χ1n) is 6.77. The average Bonchev–Trinajstić information content (AvgIpc) is 2.86. The number of nitrogens with zero attached hydrogens (tertiary/aromatic N) is 1. The summed E-state index contributed by atoms with van der Waals surface area (Å²) >= 11 is 0. The van der Waals surface area contributed by atoms with Gasteiger partial charge in [-0.15, -0.1) is 6.58 Å². The van der Waals surface area contributed by atoms with Gasteiger partial charge in [-0.25, -0.2) is 9.53 Å². The molecule has 0 radical (unpaired) electrons. The van der Waals surface area contributed by atoms with Gasteiger partial charge in [0.2, 0.25) is 0 Å². The van der Waals surface area contributed by atoms with E-state index in [1.54, 1.807) is 10.8 Å². The Hall–Kier alpha value is -2.81. The Balaban J connectivity index is 2.29. The van der Waals surface area contributed by atoms with Crippen LogP contribution in [-0.2, 0) is 6.54 Å². The minimum Gasteiger partial charge on any atom is -0.335 e. The van der Waals surface area contributed by atoms with Crippen molar-refractivity contribution in [2.24, 2.45) is 0 Å². The maximum absolute atomic E-state index is 12.3. The zero-order valence-electron chi connectivity index (χ0n) is 11.5. The average molecular weight is 277 g/mol. The van der Waals surface area contributed by atoms with Crippen molar-refractivity contribution in [3.8, 4) is 22.4 Å². The molecule has 21 heavy (non-hydrogen) atoms. The molecule has 0 spiro atoms. The molecule has 0 saturated heterocycles. The second kappa shape index (κ2) is 5.67. The van der Waals surface area contributed by atoms with Crippen LogP contribution in [0.15, 0.2) is 82.6 Å². The summed E-state index contributed by atoms with van der Waals surface area (Å²) in [6.07, 6.45) is 1.71. The largest absolute Gasteiger partial charge is 0.365 e. The van der Waals surface area contributed by atoms with Crippen molar-refractivity contribution >= 4 is 0 Å². The highest BCUT2D eigenvalue weighted by Crippen LogP contribution is 2.30. The summed E-state index contributed by atoms with van der Waals surface area (Å²) in [5.74, 6) is 0. The summed E-state index contributed by atoms with van der Waals surface area (Å²) < 4.78 is 6.98. The standard InChI is InChI=1S/C18H15NO2/c1-2-13-19-17(15-11-7-4-8-12-15)16(18(20)21-19)14-9-5-3-6-10-14/h2-12H,1,13H2. The zero-order valence-corrected chi connectivity index (χ0v) is 11.5. The Morgan fingerprint density at radius 1 is 0.952 bits per heavy atom. The molecule has 0 saturated carbocycles. The molecule has 0 unspecified atom stereocenters. The lowest BCUT2D eigenvalue weighted by atomic mass is 10.0. The number of aromatic nitrogens is 1. The lowest BCUT2D eigenvalue weighted by Crippen LogP contribution is -1.96. The quantitative estimate of drug-likeness (QED) is 0.676. The van der Waals surface area contributed by atoms with Crippen molar-refractivity contribution in [2.75, 3.05) is 0 Å². The molecule has 3 aromatic rings. The first-order valence-corrected chi connectivity index (χ1v) is 6.77. The van der Waals surface area contributed by atoms with E-state index in [1.807, 2.05) is 60.7 Å². The van der Waals surface area contributed by atoms with Gasteiger partial charge in [-0.3, -0.25) is 0 Å². The lowest BCUT2D eigenvalue weighted by molar-refractivity contribution is 0.273. The molecule has 2 aromatic carbocycles. The summed E-state index contributed by atoms with van der Waals surface area (Å²) in [6, 6.07) is 19.3. The van der Waals surface area contributed by atoms with Crippen LogP contribution in [0.25, 0.3) is 22.4 Å². The number of hydrogen-bond donors (Lipinski definition) is 0. The third kappa shape index (κ3) is 2.46. The predicted octanol–water partition coefficient (Wildman–Crippen LogP) is 3.96. The Labute approximate surface area is 122 Å². The van der Waals surface area contributed by atoms with Crippen molar-refractivity contribution in [1.82, 2.24) is 4.74 Å². The van der Waals surface area contributed by atoms with Crippen molar-refractivity contribution < 1.29 is 4.52 Å². The van der Waals surface area contributed by atoms with Gasteiger partial charge in [0.25, 0.3) is 0 Å². The number of rotatable bonds is 4. The Kier molecular flexibility index (Phi) is 3.56. The van der Waals surface area contributed by atoms with E-state index in [2.05, 4.69) is 6.58 Å². The topological polar surface area (TPSA) is 35.1 Å². The third-order valence-corrected chi connectivity index (χ3v) is 3.29. The highest BCUT2D eigenvalue weighted by Gasteiger charge is 2.19. The van der Waals surface area contributed by atoms with Gasteiger partial charge in [0.05, 0.1) is 17.8 Å². The van der Waals surface area contributed by atoms with Gasteiger partial charge in [0.15, 0.2) is 0 Å². The first-order chi connectivity index (χ1) is 10.3. The zero-order chi connectivity index (χ0) is 14.7. The number of hydrogen-bond acceptors (Lipinski definition) is 2. The van der Waals surface area contributed by atoms with E-state index in [4.69, 9.17) is 4.52 Å². The van der Waals surface area contributed by atoms with E-state index >= 15 is 0 Å². The fraction of sp³-hybridized carbons (Fsp3) is 0.0556. The monoisotopic (exact) mass is 277 g/mol. The first kappa shape index (κ1) is 13.2. The van der Waals surface area contributed by atoms with Crippen molar-refractivity contribution in [3.63, 3.8) is 0 Å². The molecule has 0 atom stereocenters. The number of benzene rings is 2. The maximum atomic E-state index is 12.3. The fourth-order valence-electron chi connectivity index (χ4n) is 2.40. The van der Waals surface area contributed by atoms with Gasteiger partial charge in [-0.2, -0.15) is 0 Å². The highest BCUT2D eigenvalue weighted by atomic mass is 16.5. The fourth-order valence-corrected chi connectivity index (χ4v) is 2.40. The van der Waals surface area contributed by atoms with E-state index < -0.39 is 0 Å². The molecule has 3 heteroatoms. The van der Waals surface area contributed by atoms with Crippen LogP contribution < -0.4 is 5.63 Å². The van der Waals surface area contributed by atoms with Gasteiger partial charge in [0.1, 0.15) is 0 Å². The number of allylic oxidation sites excluding steroid dienone is 1. The van der Waals surface area contributed by atoms with Gasteiger partial charge in [-0.05, 0) is 5.56 Å². The van der Waals surface area contributed by atoms with E-state index in [1.165, 1.54) is 0 Å². The van der Waals surface area contributed by atoms with Crippen LogP contribution in [-0.4, -0.2) is 4.74 Å². The summed E-state index contributed by atoms with van der Waals surface area (Å²) in [5.41, 5.74) is 2.84. The van der Waals surface area contributed by atoms with Crippen LogP contribution >= 0.6 is 0 Å². The van der Waals surface area contributed by atoms with E-state index in [0.717, 1.165) is 16.8 Å². The maximum Gasteiger partial charge on any atom is 0.365 e. The smallest absolute Gasteiger partial charge is 0.335 e. The molecule has 0 N–H and O–H groups in total. The molecule has 0 aliphatic heterocycles. The molecule has 1 heterocycles. The molecular formula is C18H15NO2. The van der Waals surface area contributed by atoms with Gasteiger partial charge >= 0.3 is 5.63 Å². The predicted molar refractivity (Wildman–Crippen MR) is 84.0 cm³/mol. The van der Waals surface area contributed by atoms with Crippen LogP contribution in [0.2, 0.25) is 0 Å². The molecule has 3 nitrogen and oxygen atoms in total. The van der Waals surface area contributed by atoms with Gasteiger partial charge in [-0.1, -0.05) is 66.7 Å². The normalized spacial score (nSPS) is 10.5. The van der Waals surface area contributed by atoms with Crippen LogP contribution in [0.5, 0.6) is 0 Å². The molecule has 0 aliphatic carbocycles. The lowest BCUT2D eigenvalue weighted by Gasteiger charge is -2.06. The molecule has 0 aliphatic rings. The second-order valence-corrected chi connectivity index (χ2v) is 4.68. The van der Waals surface area contributed by atoms with Crippen LogP contribution in [0.1, 0.15) is 0 Å². The molecule has 104 valence electrons. The molecule has 0 amide bonds. The van der Waals surface area contributed by atoms with Crippen LogP contribution in [0.4, 0.5) is 0 Å². The minimum atomic E-state index is -0.332. The molecular weight excluding hydrogens is 262 g/mol. The van der Waals surface area contributed by atoms with Crippen molar-refractivity contribution in [1.29, 1.82) is 0 Å².